The topological polar surface area (TPSA) is 56.2 Å². The molecule has 1 unspecified atom stereocenters. The number of methoxy groups -OCH3 is 1. The maximum Gasteiger partial charge on any atom is 0.253 e. The van der Waals surface area contributed by atoms with Crippen molar-refractivity contribution in [1.82, 2.24) is 14.9 Å². The third-order valence-corrected chi connectivity index (χ3v) is 6.01. The van der Waals surface area contributed by atoms with Gasteiger partial charge in [0.05, 0.1) is 17.0 Å². The zero-order valence-corrected chi connectivity index (χ0v) is 18.4. The van der Waals surface area contributed by atoms with Crippen LogP contribution in [0.3, 0.4) is 0 Å². The Kier molecular flexibility index (Phi) is 7.23. The highest BCUT2D eigenvalue weighted by atomic mass is 32.1. The second-order valence-corrected chi connectivity index (χ2v) is 8.07. The van der Waals surface area contributed by atoms with Gasteiger partial charge in [-0.3, -0.25) is 4.79 Å². The zero-order valence-electron chi connectivity index (χ0n) is 17.6. The summed E-state index contributed by atoms with van der Waals surface area (Å²) < 4.78 is 7.42. The Balaban J connectivity index is 1.97. The first kappa shape index (κ1) is 21.3. The molecule has 2 heterocycles. The Morgan fingerprint density at radius 1 is 1.31 bits per heavy atom. The number of carbonyl (C=O) groups excluding carboxylic acids is 1. The number of thiazole rings is 1. The van der Waals surface area contributed by atoms with Crippen LogP contribution in [0.15, 0.2) is 41.8 Å². The summed E-state index contributed by atoms with van der Waals surface area (Å²) in [6, 6.07) is 12.3. The minimum Gasteiger partial charge on any atom is -0.385 e. The van der Waals surface area contributed by atoms with Crippen LogP contribution in [0.1, 0.15) is 42.7 Å². The van der Waals surface area contributed by atoms with Crippen LogP contribution in [-0.2, 0) is 11.3 Å². The highest BCUT2D eigenvalue weighted by Crippen LogP contribution is 2.31. The molecule has 29 heavy (non-hydrogen) atoms. The van der Waals surface area contributed by atoms with Crippen molar-refractivity contribution >= 4 is 17.2 Å². The summed E-state index contributed by atoms with van der Waals surface area (Å²) in [4.78, 5) is 17.7. The molecule has 1 aromatic carbocycles. The van der Waals surface area contributed by atoms with E-state index in [0.29, 0.717) is 12.2 Å². The number of aromatic nitrogens is 2. The lowest BCUT2D eigenvalue weighted by Gasteiger charge is -2.12. The SMILES string of the molecule is CCC(C)NC(=O)c1cc(-c2csc(-c3ccccc3)n2)n(CCCOC)c1C. The summed E-state index contributed by atoms with van der Waals surface area (Å²) in [7, 11) is 1.71. The van der Waals surface area contributed by atoms with Crippen LogP contribution in [-0.4, -0.2) is 35.2 Å². The Hall–Kier alpha value is -2.44. The van der Waals surface area contributed by atoms with E-state index < -0.39 is 0 Å². The van der Waals surface area contributed by atoms with E-state index in [-0.39, 0.29) is 11.9 Å². The van der Waals surface area contributed by atoms with Gasteiger partial charge < -0.3 is 14.6 Å². The zero-order chi connectivity index (χ0) is 20.8. The Bertz CT molecular complexity index is 946. The second kappa shape index (κ2) is 9.85. The number of benzene rings is 1. The Morgan fingerprint density at radius 3 is 2.76 bits per heavy atom. The molecule has 6 heteroatoms. The van der Waals surface area contributed by atoms with E-state index in [1.807, 2.05) is 38.1 Å². The smallest absolute Gasteiger partial charge is 0.253 e. The normalized spacial score (nSPS) is 12.1. The largest absolute Gasteiger partial charge is 0.385 e. The third-order valence-electron chi connectivity index (χ3n) is 5.12. The number of rotatable bonds is 9. The average molecular weight is 412 g/mol. The molecule has 3 aromatic rings. The minimum atomic E-state index is -0.0258. The number of amides is 1. The minimum absolute atomic E-state index is 0.0258. The molecule has 0 radical (unpaired) electrons. The van der Waals surface area contributed by atoms with Gasteiger partial charge >= 0.3 is 0 Å². The molecular weight excluding hydrogens is 382 g/mol. The van der Waals surface area contributed by atoms with Crippen LogP contribution >= 0.6 is 11.3 Å². The van der Waals surface area contributed by atoms with Gasteiger partial charge in [0, 0.05) is 42.9 Å². The Morgan fingerprint density at radius 2 is 2.07 bits per heavy atom. The number of hydrogen-bond acceptors (Lipinski definition) is 4. The van der Waals surface area contributed by atoms with Crippen LogP contribution in [0.5, 0.6) is 0 Å². The molecule has 0 aliphatic heterocycles. The summed E-state index contributed by atoms with van der Waals surface area (Å²) in [5.74, 6) is -0.0258. The van der Waals surface area contributed by atoms with E-state index in [0.717, 1.165) is 47.0 Å². The van der Waals surface area contributed by atoms with Gasteiger partial charge in [-0.25, -0.2) is 4.98 Å². The van der Waals surface area contributed by atoms with Crippen molar-refractivity contribution < 1.29 is 9.53 Å². The van der Waals surface area contributed by atoms with Crippen molar-refractivity contribution in [2.45, 2.75) is 46.2 Å². The van der Waals surface area contributed by atoms with Crippen molar-refractivity contribution in [3.63, 3.8) is 0 Å². The van der Waals surface area contributed by atoms with E-state index >= 15 is 0 Å². The molecule has 0 spiro atoms. The quantitative estimate of drug-likeness (QED) is 0.495. The molecule has 1 atom stereocenters. The highest BCUT2D eigenvalue weighted by molar-refractivity contribution is 7.13. The molecular formula is C23H29N3O2S. The number of hydrogen-bond donors (Lipinski definition) is 1. The van der Waals surface area contributed by atoms with Crippen molar-refractivity contribution in [1.29, 1.82) is 0 Å². The molecule has 0 aliphatic rings. The molecule has 154 valence electrons. The summed E-state index contributed by atoms with van der Waals surface area (Å²) in [5.41, 5.74) is 4.66. The van der Waals surface area contributed by atoms with Crippen LogP contribution in [0.4, 0.5) is 0 Å². The average Bonchev–Trinajstić information content (AvgIpc) is 3.34. The molecule has 5 nitrogen and oxygen atoms in total. The molecule has 0 aliphatic carbocycles. The van der Waals surface area contributed by atoms with Gasteiger partial charge in [-0.15, -0.1) is 11.3 Å². The predicted octanol–water partition coefficient (Wildman–Crippen LogP) is 5.15. The first-order valence-electron chi connectivity index (χ1n) is 10.1. The predicted molar refractivity (Wildman–Crippen MR) is 119 cm³/mol. The fourth-order valence-corrected chi connectivity index (χ4v) is 4.07. The lowest BCUT2D eigenvalue weighted by Crippen LogP contribution is -2.32. The van der Waals surface area contributed by atoms with E-state index in [4.69, 9.17) is 9.72 Å². The van der Waals surface area contributed by atoms with Crippen molar-refractivity contribution in [3.05, 3.63) is 53.0 Å². The number of carbonyl (C=O) groups is 1. The van der Waals surface area contributed by atoms with Crippen molar-refractivity contribution in [2.24, 2.45) is 0 Å². The summed E-state index contributed by atoms with van der Waals surface area (Å²) >= 11 is 1.62. The molecule has 0 bridgehead atoms. The fourth-order valence-electron chi connectivity index (χ4n) is 3.25. The highest BCUT2D eigenvalue weighted by Gasteiger charge is 2.21. The number of ether oxygens (including phenoxy) is 1. The van der Waals surface area contributed by atoms with Gasteiger partial charge in [0.2, 0.25) is 0 Å². The number of nitrogens with one attached hydrogen (secondary N) is 1. The van der Waals surface area contributed by atoms with Crippen molar-refractivity contribution in [3.8, 4) is 22.0 Å². The third kappa shape index (κ3) is 4.95. The molecule has 0 fully saturated rings. The first-order valence-corrected chi connectivity index (χ1v) is 10.9. The molecule has 3 rings (SSSR count). The van der Waals surface area contributed by atoms with Crippen LogP contribution in [0.25, 0.3) is 22.0 Å². The lowest BCUT2D eigenvalue weighted by molar-refractivity contribution is 0.0938. The van der Waals surface area contributed by atoms with Crippen LogP contribution in [0, 0.1) is 6.92 Å². The maximum absolute atomic E-state index is 12.8. The van der Waals surface area contributed by atoms with Crippen LogP contribution < -0.4 is 5.32 Å². The lowest BCUT2D eigenvalue weighted by atomic mass is 10.2. The van der Waals surface area contributed by atoms with Gasteiger partial charge in [0.15, 0.2) is 0 Å². The molecule has 0 saturated carbocycles. The van der Waals surface area contributed by atoms with Crippen LogP contribution in [0.2, 0.25) is 0 Å². The van der Waals surface area contributed by atoms with E-state index in [9.17, 15) is 4.79 Å². The maximum atomic E-state index is 12.8. The van der Waals surface area contributed by atoms with Crippen molar-refractivity contribution in [2.75, 3.05) is 13.7 Å². The fraction of sp³-hybridized carbons (Fsp3) is 0.391. The molecule has 1 amide bonds. The summed E-state index contributed by atoms with van der Waals surface area (Å²) in [6.07, 6.45) is 1.78. The number of nitrogens with zero attached hydrogens (tertiary/aromatic N) is 2. The first-order chi connectivity index (χ1) is 14.0. The van der Waals surface area contributed by atoms with E-state index in [2.05, 4.69) is 34.3 Å². The van der Waals surface area contributed by atoms with Gasteiger partial charge in [-0.2, -0.15) is 0 Å². The van der Waals surface area contributed by atoms with Gasteiger partial charge in [-0.1, -0.05) is 37.3 Å². The Labute approximate surface area is 176 Å². The molecule has 2 aromatic heterocycles. The van der Waals surface area contributed by atoms with Gasteiger partial charge in [0.25, 0.3) is 5.91 Å². The monoisotopic (exact) mass is 411 g/mol. The second-order valence-electron chi connectivity index (χ2n) is 7.21. The van der Waals surface area contributed by atoms with E-state index in [1.54, 1.807) is 18.4 Å². The molecule has 0 saturated heterocycles. The van der Waals surface area contributed by atoms with Gasteiger partial charge in [0.1, 0.15) is 5.01 Å². The standard InChI is InChI=1S/C23H29N3O2S/c1-5-16(2)24-22(27)19-14-21(26(17(19)3)12-9-13-28-4)20-15-29-23(25-20)18-10-7-6-8-11-18/h6-8,10-11,14-16H,5,9,12-13H2,1-4H3,(H,24,27). The summed E-state index contributed by atoms with van der Waals surface area (Å²) in [5, 5.41) is 6.13. The van der Waals surface area contributed by atoms with E-state index in [1.165, 1.54) is 0 Å². The van der Waals surface area contributed by atoms with Gasteiger partial charge in [-0.05, 0) is 32.8 Å². The molecule has 1 N–H and O–H groups in total. The summed E-state index contributed by atoms with van der Waals surface area (Å²) in [6.45, 7) is 7.56.